The van der Waals surface area contributed by atoms with Gasteiger partial charge in [-0.15, -0.1) is 0 Å². The van der Waals surface area contributed by atoms with Crippen molar-refractivity contribution in [3.8, 4) is 0 Å². The molecule has 0 amide bonds. The molecule has 0 bridgehead atoms. The molecule has 0 fully saturated rings. The molecule has 5 nitrogen and oxygen atoms in total. The molecular weight excluding hydrogens is 383 g/mol. The monoisotopic (exact) mass is 392 g/mol. The number of nitrogens with zero attached hydrogens (tertiary/aromatic N) is 1. The maximum atomic E-state index is 12.5. The Balaban J connectivity index is 2.13. The number of hydrogen-bond donors (Lipinski definition) is 1. The molecule has 104 valence electrons. The highest BCUT2D eigenvalue weighted by Gasteiger charge is 2.19. The zero-order valence-corrected chi connectivity index (χ0v) is 12.8. The van der Waals surface area contributed by atoms with Gasteiger partial charge in [0.15, 0.2) is 5.78 Å². The molecule has 0 unspecified atom stereocenters. The predicted octanol–water partition coefficient (Wildman–Crippen LogP) is 3.91. The van der Waals surface area contributed by atoms with E-state index in [0.717, 1.165) is 3.57 Å². The van der Waals surface area contributed by atoms with Gasteiger partial charge in [0.1, 0.15) is 5.52 Å². The molecule has 6 heteroatoms. The summed E-state index contributed by atoms with van der Waals surface area (Å²) in [5, 5.41) is 11.6. The van der Waals surface area contributed by atoms with E-state index in [9.17, 15) is 14.9 Å². The number of rotatable bonds is 3. The molecule has 0 aliphatic rings. The Kier molecular flexibility index (Phi) is 3.46. The summed E-state index contributed by atoms with van der Waals surface area (Å²) in [6.07, 6.45) is 1.53. The summed E-state index contributed by atoms with van der Waals surface area (Å²) in [7, 11) is 0. The number of para-hydroxylation sites is 1. The van der Waals surface area contributed by atoms with E-state index in [4.69, 9.17) is 0 Å². The first-order valence-electron chi connectivity index (χ1n) is 6.12. The van der Waals surface area contributed by atoms with E-state index in [2.05, 4.69) is 27.6 Å². The first kappa shape index (κ1) is 13.7. The summed E-state index contributed by atoms with van der Waals surface area (Å²) in [6, 6.07) is 11.9. The van der Waals surface area contributed by atoms with Crippen LogP contribution in [0.3, 0.4) is 0 Å². The summed E-state index contributed by atoms with van der Waals surface area (Å²) in [4.78, 5) is 25.9. The van der Waals surface area contributed by atoms with Crippen molar-refractivity contribution in [3.05, 3.63) is 73.5 Å². The van der Waals surface area contributed by atoms with Crippen LogP contribution >= 0.6 is 22.6 Å². The van der Waals surface area contributed by atoms with Crippen LogP contribution in [0.25, 0.3) is 10.9 Å². The number of nitro benzene ring substituents is 1. The third kappa shape index (κ3) is 2.42. The van der Waals surface area contributed by atoms with Crippen molar-refractivity contribution in [2.24, 2.45) is 0 Å². The highest BCUT2D eigenvalue weighted by molar-refractivity contribution is 14.1. The summed E-state index contributed by atoms with van der Waals surface area (Å²) >= 11 is 2.17. The van der Waals surface area contributed by atoms with E-state index < -0.39 is 4.92 Å². The van der Waals surface area contributed by atoms with E-state index in [1.165, 1.54) is 12.3 Å². The number of hydrogen-bond acceptors (Lipinski definition) is 3. The zero-order chi connectivity index (χ0) is 15.0. The molecule has 21 heavy (non-hydrogen) atoms. The Hall–Kier alpha value is -2.22. The van der Waals surface area contributed by atoms with Gasteiger partial charge in [-0.25, -0.2) is 0 Å². The summed E-state index contributed by atoms with van der Waals surface area (Å²) in [5.41, 5.74) is 1.34. The molecule has 0 atom stereocenters. The van der Waals surface area contributed by atoms with Crippen molar-refractivity contribution in [2.45, 2.75) is 0 Å². The number of halogens is 1. The smallest absolute Gasteiger partial charge is 0.293 e. The van der Waals surface area contributed by atoms with Crippen LogP contribution in [0.2, 0.25) is 0 Å². The van der Waals surface area contributed by atoms with Crippen molar-refractivity contribution < 1.29 is 9.72 Å². The van der Waals surface area contributed by atoms with Crippen LogP contribution in [0.5, 0.6) is 0 Å². The number of H-pyrrole nitrogens is 1. The van der Waals surface area contributed by atoms with Crippen molar-refractivity contribution >= 4 is 45.0 Å². The van der Waals surface area contributed by atoms with Crippen molar-refractivity contribution in [3.63, 3.8) is 0 Å². The number of non-ortho nitro benzene ring substituents is 1. The minimum Gasteiger partial charge on any atom is -0.355 e. The van der Waals surface area contributed by atoms with Crippen LogP contribution in [-0.4, -0.2) is 15.7 Å². The van der Waals surface area contributed by atoms with Crippen LogP contribution in [0.15, 0.2) is 48.7 Å². The first-order chi connectivity index (χ1) is 10.1. The number of ketones is 1. The Bertz CT molecular complexity index is 853. The van der Waals surface area contributed by atoms with Gasteiger partial charge < -0.3 is 4.98 Å². The fourth-order valence-corrected chi connectivity index (χ4v) is 2.59. The van der Waals surface area contributed by atoms with Gasteiger partial charge >= 0.3 is 0 Å². The highest BCUT2D eigenvalue weighted by Crippen LogP contribution is 2.28. The van der Waals surface area contributed by atoms with Crippen LogP contribution in [-0.2, 0) is 0 Å². The molecule has 1 N–H and O–H groups in total. The van der Waals surface area contributed by atoms with Gasteiger partial charge in [-0.3, -0.25) is 14.9 Å². The Labute approximate surface area is 133 Å². The van der Waals surface area contributed by atoms with Gasteiger partial charge in [0.05, 0.1) is 4.92 Å². The lowest BCUT2D eigenvalue weighted by Gasteiger charge is -2.00. The van der Waals surface area contributed by atoms with Crippen LogP contribution in [0.1, 0.15) is 15.9 Å². The number of carbonyl (C=O) groups is 1. The SMILES string of the molecule is O=C(c1ccc(I)cc1)c1c[nH]c2c([N+](=O)[O-])cccc12. The van der Waals surface area contributed by atoms with E-state index in [-0.39, 0.29) is 11.5 Å². The highest BCUT2D eigenvalue weighted by atomic mass is 127. The van der Waals surface area contributed by atoms with Gasteiger partial charge in [-0.1, -0.05) is 12.1 Å². The maximum absolute atomic E-state index is 12.5. The van der Waals surface area contributed by atoms with Gasteiger partial charge in [-0.05, 0) is 46.9 Å². The molecule has 3 rings (SSSR count). The van der Waals surface area contributed by atoms with Crippen molar-refractivity contribution in [2.75, 3.05) is 0 Å². The fourth-order valence-electron chi connectivity index (χ4n) is 2.24. The molecule has 2 aromatic carbocycles. The summed E-state index contributed by atoms with van der Waals surface area (Å²) < 4.78 is 1.04. The number of nitrogens with one attached hydrogen (secondary N) is 1. The minimum absolute atomic E-state index is 0.0332. The lowest BCUT2D eigenvalue weighted by Crippen LogP contribution is -2.00. The van der Waals surface area contributed by atoms with Gasteiger partial charge in [0.25, 0.3) is 5.69 Å². The first-order valence-corrected chi connectivity index (χ1v) is 7.20. The number of carbonyl (C=O) groups excluding carboxylic acids is 1. The number of aromatic amines is 1. The lowest BCUT2D eigenvalue weighted by molar-refractivity contribution is -0.383. The molecular formula is C15H9IN2O3. The summed E-state index contributed by atoms with van der Waals surface area (Å²) in [5.74, 6) is -0.154. The number of benzene rings is 2. The Morgan fingerprint density at radius 1 is 1.14 bits per heavy atom. The standard InChI is InChI=1S/C15H9IN2O3/c16-10-6-4-9(5-7-10)15(19)12-8-17-14-11(12)2-1-3-13(14)18(20)21/h1-8,17H. The summed E-state index contributed by atoms with van der Waals surface area (Å²) in [6.45, 7) is 0. The van der Waals surface area contributed by atoms with Gasteiger partial charge in [-0.2, -0.15) is 0 Å². The molecule has 0 radical (unpaired) electrons. The van der Waals surface area contributed by atoms with Crippen LogP contribution in [0.4, 0.5) is 5.69 Å². The fraction of sp³-hybridized carbons (Fsp3) is 0. The van der Waals surface area contributed by atoms with Gasteiger partial charge in [0, 0.05) is 32.3 Å². The minimum atomic E-state index is -0.460. The zero-order valence-electron chi connectivity index (χ0n) is 10.7. The second kappa shape index (κ2) is 5.28. The lowest BCUT2D eigenvalue weighted by atomic mass is 10.0. The number of aromatic nitrogens is 1. The van der Waals surface area contributed by atoms with Crippen LogP contribution in [0, 0.1) is 13.7 Å². The molecule has 0 saturated heterocycles. The molecule has 0 aliphatic heterocycles. The normalized spacial score (nSPS) is 10.7. The third-order valence-corrected chi connectivity index (χ3v) is 3.96. The molecule has 0 spiro atoms. The van der Waals surface area contributed by atoms with E-state index in [1.807, 2.05) is 12.1 Å². The second-order valence-electron chi connectivity index (χ2n) is 4.50. The predicted molar refractivity (Wildman–Crippen MR) is 87.5 cm³/mol. The average Bonchev–Trinajstić information content (AvgIpc) is 2.90. The van der Waals surface area contributed by atoms with E-state index in [0.29, 0.717) is 22.0 Å². The maximum Gasteiger partial charge on any atom is 0.293 e. The molecule has 3 aromatic rings. The Morgan fingerprint density at radius 3 is 2.52 bits per heavy atom. The Morgan fingerprint density at radius 2 is 1.86 bits per heavy atom. The van der Waals surface area contributed by atoms with E-state index >= 15 is 0 Å². The largest absolute Gasteiger partial charge is 0.355 e. The second-order valence-corrected chi connectivity index (χ2v) is 5.74. The third-order valence-electron chi connectivity index (χ3n) is 3.24. The molecule has 1 heterocycles. The van der Waals surface area contributed by atoms with Crippen LogP contribution < -0.4 is 0 Å². The van der Waals surface area contributed by atoms with E-state index in [1.54, 1.807) is 24.3 Å². The van der Waals surface area contributed by atoms with Gasteiger partial charge in [0.2, 0.25) is 0 Å². The molecule has 1 aromatic heterocycles. The number of fused-ring (bicyclic) bond motifs is 1. The van der Waals surface area contributed by atoms with Crippen molar-refractivity contribution in [1.82, 2.24) is 4.98 Å². The average molecular weight is 392 g/mol. The quantitative estimate of drug-likeness (QED) is 0.318. The molecule has 0 aliphatic carbocycles. The topological polar surface area (TPSA) is 76.0 Å². The number of nitro groups is 1. The molecule has 0 saturated carbocycles. The van der Waals surface area contributed by atoms with Crippen molar-refractivity contribution in [1.29, 1.82) is 0 Å².